The summed E-state index contributed by atoms with van der Waals surface area (Å²) >= 11 is 1.61. The van der Waals surface area contributed by atoms with Crippen LogP contribution >= 0.6 is 11.8 Å². The number of urea groups is 1. The third-order valence-electron chi connectivity index (χ3n) is 4.36. The van der Waals surface area contributed by atoms with Crippen LogP contribution in [-0.2, 0) is 9.53 Å². The average molecular weight is 378 g/mol. The first-order valence-corrected chi connectivity index (χ1v) is 10.2. The van der Waals surface area contributed by atoms with Gasteiger partial charge in [0, 0.05) is 30.2 Å². The van der Waals surface area contributed by atoms with Crippen LogP contribution in [0.1, 0.15) is 32.4 Å². The lowest BCUT2D eigenvalue weighted by Gasteiger charge is -2.29. The molecule has 0 fully saturated rings. The molecular weight excluding hydrogens is 350 g/mol. The number of amides is 2. The maximum absolute atomic E-state index is 12.6. The van der Waals surface area contributed by atoms with Crippen LogP contribution in [0.25, 0.3) is 0 Å². The van der Waals surface area contributed by atoms with E-state index in [4.69, 9.17) is 4.74 Å². The van der Waals surface area contributed by atoms with Gasteiger partial charge in [-0.25, -0.2) is 9.59 Å². The van der Waals surface area contributed by atoms with Gasteiger partial charge in [0.1, 0.15) is 6.61 Å². The van der Waals surface area contributed by atoms with Crippen LogP contribution in [0.3, 0.4) is 0 Å². The molecule has 0 bridgehead atoms. The number of esters is 1. The van der Waals surface area contributed by atoms with Crippen LogP contribution in [0.5, 0.6) is 0 Å². The third-order valence-corrected chi connectivity index (χ3v) is 4.94. The molecule has 142 valence electrons. The number of carbonyl (C=O) groups is 2. The summed E-state index contributed by atoms with van der Waals surface area (Å²) in [4.78, 5) is 26.7. The first-order valence-electron chi connectivity index (χ1n) is 8.81. The van der Waals surface area contributed by atoms with Crippen LogP contribution < -0.4 is 15.5 Å². The van der Waals surface area contributed by atoms with Crippen LogP contribution in [0.4, 0.5) is 10.5 Å². The van der Waals surface area contributed by atoms with E-state index in [1.165, 1.54) is 0 Å². The van der Waals surface area contributed by atoms with Crippen molar-refractivity contribution in [3.05, 3.63) is 41.1 Å². The zero-order valence-corrected chi connectivity index (χ0v) is 16.6. The van der Waals surface area contributed by atoms with Gasteiger partial charge in [-0.3, -0.25) is 0 Å². The van der Waals surface area contributed by atoms with Crippen LogP contribution in [0.2, 0.25) is 0 Å². The Hall–Kier alpha value is -2.15. The molecule has 7 heteroatoms. The van der Waals surface area contributed by atoms with Gasteiger partial charge in [0.2, 0.25) is 0 Å². The van der Waals surface area contributed by atoms with Gasteiger partial charge < -0.3 is 20.3 Å². The smallest absolute Gasteiger partial charge is 0.338 e. The van der Waals surface area contributed by atoms with Gasteiger partial charge in [-0.1, -0.05) is 12.1 Å². The van der Waals surface area contributed by atoms with Crippen LogP contribution in [0, 0.1) is 0 Å². The first-order chi connectivity index (χ1) is 12.5. The summed E-state index contributed by atoms with van der Waals surface area (Å²) < 4.78 is 5.36. The van der Waals surface area contributed by atoms with Crippen molar-refractivity contribution in [2.24, 2.45) is 0 Å². The number of nitrogens with one attached hydrogen (secondary N) is 2. The molecular formula is C19H27N3O3S. The van der Waals surface area contributed by atoms with Gasteiger partial charge in [-0.05, 0) is 44.7 Å². The van der Waals surface area contributed by atoms with E-state index in [1.54, 1.807) is 18.7 Å². The Bertz CT molecular complexity index is 669. The van der Waals surface area contributed by atoms with Crippen molar-refractivity contribution in [3.63, 3.8) is 0 Å². The molecule has 6 nitrogen and oxygen atoms in total. The number of benzene rings is 1. The van der Waals surface area contributed by atoms with Crippen molar-refractivity contribution in [2.75, 3.05) is 36.6 Å². The average Bonchev–Trinajstić information content (AvgIpc) is 2.62. The molecule has 0 saturated carbocycles. The predicted molar refractivity (Wildman–Crippen MR) is 106 cm³/mol. The van der Waals surface area contributed by atoms with E-state index in [0.29, 0.717) is 17.9 Å². The summed E-state index contributed by atoms with van der Waals surface area (Å²) in [6, 6.07) is 7.10. The van der Waals surface area contributed by atoms with Crippen molar-refractivity contribution in [2.45, 2.75) is 26.8 Å². The highest BCUT2D eigenvalue weighted by Gasteiger charge is 2.32. The van der Waals surface area contributed by atoms with Gasteiger partial charge in [0.25, 0.3) is 0 Å². The Balaban J connectivity index is 2.27. The minimum Gasteiger partial charge on any atom is -0.461 e. The van der Waals surface area contributed by atoms with Crippen molar-refractivity contribution < 1.29 is 14.3 Å². The second kappa shape index (κ2) is 9.52. The zero-order valence-electron chi connectivity index (χ0n) is 15.8. The van der Waals surface area contributed by atoms with E-state index in [9.17, 15) is 9.59 Å². The molecule has 1 aromatic rings. The molecule has 1 heterocycles. The highest BCUT2D eigenvalue weighted by atomic mass is 32.2. The van der Waals surface area contributed by atoms with E-state index in [2.05, 4.69) is 29.4 Å². The second-order valence-electron chi connectivity index (χ2n) is 5.96. The lowest BCUT2D eigenvalue weighted by atomic mass is 9.95. The minimum absolute atomic E-state index is 0.319. The molecule has 0 unspecified atom stereocenters. The molecule has 1 aliphatic heterocycles. The SMILES string of the molecule is CCN(CC)c1ccc([C@H]2NC(=O)NC(C)=C2C(=O)OCCSC)cc1. The molecule has 26 heavy (non-hydrogen) atoms. The summed E-state index contributed by atoms with van der Waals surface area (Å²) in [7, 11) is 0. The number of carbonyl (C=O) groups excluding carboxylic acids is 2. The van der Waals surface area contributed by atoms with Crippen molar-refractivity contribution >= 4 is 29.4 Å². The third kappa shape index (κ3) is 4.72. The van der Waals surface area contributed by atoms with Gasteiger partial charge in [-0.2, -0.15) is 11.8 Å². The summed E-state index contributed by atoms with van der Waals surface area (Å²) in [6.07, 6.45) is 1.96. The molecule has 2 amide bonds. The normalized spacial score (nSPS) is 16.8. The number of hydrogen-bond acceptors (Lipinski definition) is 5. The number of hydrogen-bond donors (Lipinski definition) is 2. The molecule has 0 spiro atoms. The van der Waals surface area contributed by atoms with Crippen molar-refractivity contribution in [3.8, 4) is 0 Å². The van der Waals surface area contributed by atoms with Crippen LogP contribution in [-0.4, -0.2) is 43.7 Å². The van der Waals surface area contributed by atoms with E-state index in [-0.39, 0.29) is 6.03 Å². The number of ether oxygens (including phenoxy) is 1. The Labute approximate surface area is 159 Å². The van der Waals surface area contributed by atoms with E-state index >= 15 is 0 Å². The van der Waals surface area contributed by atoms with Gasteiger partial charge in [0.05, 0.1) is 11.6 Å². The summed E-state index contributed by atoms with van der Waals surface area (Å²) in [6.45, 7) is 8.13. The van der Waals surface area contributed by atoms with Gasteiger partial charge in [-0.15, -0.1) is 0 Å². The van der Waals surface area contributed by atoms with Crippen LogP contribution in [0.15, 0.2) is 35.5 Å². The molecule has 0 aromatic heterocycles. The van der Waals surface area contributed by atoms with E-state index < -0.39 is 12.0 Å². The largest absolute Gasteiger partial charge is 0.461 e. The number of thioether (sulfide) groups is 1. The lowest BCUT2D eigenvalue weighted by molar-refractivity contribution is -0.138. The summed E-state index contributed by atoms with van der Waals surface area (Å²) in [5.41, 5.74) is 2.94. The molecule has 0 saturated heterocycles. The molecule has 2 rings (SSSR count). The number of nitrogens with zero attached hydrogens (tertiary/aromatic N) is 1. The lowest BCUT2D eigenvalue weighted by Crippen LogP contribution is -2.45. The Kier molecular flexibility index (Phi) is 7.38. The fourth-order valence-corrected chi connectivity index (χ4v) is 3.23. The van der Waals surface area contributed by atoms with Gasteiger partial charge in [0.15, 0.2) is 0 Å². The van der Waals surface area contributed by atoms with E-state index in [0.717, 1.165) is 30.1 Å². The van der Waals surface area contributed by atoms with Gasteiger partial charge >= 0.3 is 12.0 Å². The quantitative estimate of drug-likeness (QED) is 0.538. The molecule has 2 N–H and O–H groups in total. The summed E-state index contributed by atoms with van der Waals surface area (Å²) in [5, 5.41) is 5.50. The van der Waals surface area contributed by atoms with E-state index in [1.807, 2.05) is 30.5 Å². The minimum atomic E-state index is -0.517. The predicted octanol–water partition coefficient (Wildman–Crippen LogP) is 3.07. The molecule has 0 aliphatic carbocycles. The highest BCUT2D eigenvalue weighted by Crippen LogP contribution is 2.29. The molecule has 1 aliphatic rings. The number of anilines is 1. The second-order valence-corrected chi connectivity index (χ2v) is 6.95. The van der Waals surface area contributed by atoms with Crippen molar-refractivity contribution in [1.82, 2.24) is 10.6 Å². The maximum Gasteiger partial charge on any atom is 0.338 e. The maximum atomic E-state index is 12.6. The fourth-order valence-electron chi connectivity index (χ4n) is 2.98. The topological polar surface area (TPSA) is 70.7 Å². The number of rotatable bonds is 8. The monoisotopic (exact) mass is 377 g/mol. The first kappa shape index (κ1) is 20.2. The molecule has 0 radical (unpaired) electrons. The molecule has 1 atom stereocenters. The standard InChI is InChI=1S/C19H27N3O3S/c1-5-22(6-2)15-9-7-14(8-10-15)17-16(13(3)20-19(24)21-17)18(23)25-11-12-26-4/h7-10,17H,5-6,11-12H2,1-4H3,(H2,20,21,24)/t17-/m1/s1. The Morgan fingerprint density at radius 2 is 1.88 bits per heavy atom. The highest BCUT2D eigenvalue weighted by molar-refractivity contribution is 7.98. The Morgan fingerprint density at radius 3 is 2.46 bits per heavy atom. The van der Waals surface area contributed by atoms with Crippen molar-refractivity contribution in [1.29, 1.82) is 0 Å². The Morgan fingerprint density at radius 1 is 1.23 bits per heavy atom. The zero-order chi connectivity index (χ0) is 19.1. The fraction of sp³-hybridized carbons (Fsp3) is 0.474. The molecule has 1 aromatic carbocycles. The summed E-state index contributed by atoms with van der Waals surface area (Å²) in [5.74, 6) is 0.336. The number of allylic oxidation sites excluding steroid dienone is 1.